The third-order valence-electron chi connectivity index (χ3n) is 9.15. The van der Waals surface area contributed by atoms with Crippen molar-refractivity contribution in [2.45, 2.75) is 39.2 Å². The second-order valence-electron chi connectivity index (χ2n) is 14.0. The number of aromatic carboxylic acids is 1. The molecule has 0 bridgehead atoms. The largest absolute Gasteiger partial charge is 0.504 e. The number of aromatic amines is 1. The molecule has 62 heavy (non-hydrogen) atoms. The van der Waals surface area contributed by atoms with Gasteiger partial charge in [-0.3, -0.25) is 29.0 Å². The highest BCUT2D eigenvalue weighted by molar-refractivity contribution is 6.09. The lowest BCUT2D eigenvalue weighted by atomic mass is 9.94. The minimum atomic E-state index is -1.13. The van der Waals surface area contributed by atoms with E-state index >= 15 is 0 Å². The molecule has 3 aromatic carbocycles. The van der Waals surface area contributed by atoms with Crippen LogP contribution in [0.2, 0.25) is 0 Å². The third-order valence-corrected chi connectivity index (χ3v) is 9.15. The number of carboxylic acids is 1. The van der Waals surface area contributed by atoms with E-state index in [4.69, 9.17) is 16.4 Å². The van der Waals surface area contributed by atoms with Gasteiger partial charge in [0.15, 0.2) is 28.8 Å². The fourth-order valence-electron chi connectivity index (χ4n) is 6.00. The standard InChI is InChI=1S/C44H37N9O9/c1-24(2)62-40-35(17-14-33(39(40)56)42(58)49-30-11-7-27(8-12-30)44(60)61)51-43(59)36-16-13-31(22-47-36)50-41(57)28(19-32-23-48-53-52-32)20-38(55)34-15-4-25(21-46-34)18-37(54)26-5-9-29(45-3)10-6-26/h4-17,21-24,28,56H,18-20H2,1-2H3,(H,49,58)(H,50,57)(H,51,59)(H,60,61)(H,48,52,53)/t28-/m1/s1. The Hall–Kier alpha value is -8.59. The first-order valence-electron chi connectivity index (χ1n) is 18.9. The Labute approximate surface area is 353 Å². The highest BCUT2D eigenvalue weighted by atomic mass is 16.5. The number of benzene rings is 3. The number of aromatic hydroxyl groups is 1. The zero-order valence-corrected chi connectivity index (χ0v) is 33.1. The number of rotatable bonds is 17. The Morgan fingerprint density at radius 2 is 1.45 bits per heavy atom. The quantitative estimate of drug-likeness (QED) is 0.0434. The number of pyridine rings is 2. The van der Waals surface area contributed by atoms with E-state index in [2.05, 4.69) is 46.2 Å². The number of amides is 3. The number of carboxylic acid groups (broad SMARTS) is 1. The number of ether oxygens (including phenoxy) is 1. The molecule has 18 heteroatoms. The van der Waals surface area contributed by atoms with Crippen LogP contribution in [-0.2, 0) is 17.6 Å². The molecule has 3 heterocycles. The number of nitrogens with one attached hydrogen (secondary N) is 4. The highest BCUT2D eigenvalue weighted by Crippen LogP contribution is 2.39. The van der Waals surface area contributed by atoms with Crippen LogP contribution in [0.25, 0.3) is 4.85 Å². The van der Waals surface area contributed by atoms with E-state index < -0.39 is 47.2 Å². The highest BCUT2D eigenvalue weighted by Gasteiger charge is 2.26. The summed E-state index contributed by atoms with van der Waals surface area (Å²) in [4.78, 5) is 89.0. The molecule has 6 N–H and O–H groups in total. The Kier molecular flexibility index (Phi) is 13.5. The Morgan fingerprint density at radius 1 is 0.758 bits per heavy atom. The van der Waals surface area contributed by atoms with E-state index in [0.29, 0.717) is 22.5 Å². The summed E-state index contributed by atoms with van der Waals surface area (Å²) in [5.41, 5.74) is 2.26. The van der Waals surface area contributed by atoms with Crippen molar-refractivity contribution in [2.24, 2.45) is 5.92 Å². The number of H-pyrrole nitrogens is 1. The average Bonchev–Trinajstić information content (AvgIpc) is 3.78. The summed E-state index contributed by atoms with van der Waals surface area (Å²) in [6, 6.07) is 20.3. The van der Waals surface area contributed by atoms with Crippen LogP contribution in [0.5, 0.6) is 11.5 Å². The van der Waals surface area contributed by atoms with Gasteiger partial charge >= 0.3 is 5.97 Å². The molecule has 0 aliphatic heterocycles. The van der Waals surface area contributed by atoms with Crippen molar-refractivity contribution in [1.82, 2.24) is 25.4 Å². The Bertz CT molecular complexity index is 2660. The fourth-order valence-corrected chi connectivity index (χ4v) is 6.00. The molecular formula is C44H37N9O9. The van der Waals surface area contributed by atoms with Gasteiger partial charge in [0, 0.05) is 36.7 Å². The van der Waals surface area contributed by atoms with Gasteiger partial charge in [-0.05, 0) is 74.0 Å². The van der Waals surface area contributed by atoms with Gasteiger partial charge in [-0.15, -0.1) is 0 Å². The molecule has 6 rings (SSSR count). The molecule has 18 nitrogen and oxygen atoms in total. The fraction of sp³-hybridized carbons (Fsp3) is 0.159. The number of anilines is 3. The van der Waals surface area contributed by atoms with Crippen molar-refractivity contribution < 1.29 is 43.7 Å². The van der Waals surface area contributed by atoms with Crippen molar-refractivity contribution in [3.8, 4) is 11.5 Å². The molecule has 0 saturated heterocycles. The van der Waals surface area contributed by atoms with Crippen LogP contribution in [-0.4, -0.2) is 77.0 Å². The van der Waals surface area contributed by atoms with Crippen LogP contribution in [0.4, 0.5) is 22.7 Å². The number of ketones is 2. The number of phenolic OH excluding ortho intramolecular Hbond substituents is 1. The van der Waals surface area contributed by atoms with Gasteiger partial charge in [0.25, 0.3) is 11.8 Å². The number of Topliss-reactive ketones (excluding diaryl/α,β-unsaturated/α-hetero) is 2. The second kappa shape index (κ2) is 19.4. The summed E-state index contributed by atoms with van der Waals surface area (Å²) < 4.78 is 5.78. The molecule has 3 aromatic heterocycles. The minimum Gasteiger partial charge on any atom is -0.504 e. The molecule has 0 radical (unpaired) electrons. The number of hydrogen-bond acceptors (Lipinski definition) is 12. The number of aromatic nitrogens is 5. The van der Waals surface area contributed by atoms with Gasteiger partial charge in [0.1, 0.15) is 11.4 Å². The van der Waals surface area contributed by atoms with Gasteiger partial charge in [-0.25, -0.2) is 14.6 Å². The van der Waals surface area contributed by atoms with Gasteiger partial charge in [-0.2, -0.15) is 15.4 Å². The normalized spacial score (nSPS) is 11.2. The molecule has 0 spiro atoms. The third kappa shape index (κ3) is 10.9. The summed E-state index contributed by atoms with van der Waals surface area (Å²) in [6.45, 7) is 10.4. The lowest BCUT2D eigenvalue weighted by molar-refractivity contribution is -0.119. The lowest BCUT2D eigenvalue weighted by Crippen LogP contribution is -2.27. The van der Waals surface area contributed by atoms with E-state index in [0.717, 1.165) is 0 Å². The van der Waals surface area contributed by atoms with Crippen molar-refractivity contribution in [2.75, 3.05) is 16.0 Å². The van der Waals surface area contributed by atoms with E-state index in [1.165, 1.54) is 73.2 Å². The van der Waals surface area contributed by atoms with Crippen LogP contribution in [0.15, 0.2) is 104 Å². The summed E-state index contributed by atoms with van der Waals surface area (Å²) in [5.74, 6) is -5.37. The van der Waals surface area contributed by atoms with E-state index in [9.17, 15) is 33.9 Å². The first-order chi connectivity index (χ1) is 29.8. The summed E-state index contributed by atoms with van der Waals surface area (Å²) >= 11 is 0. The van der Waals surface area contributed by atoms with Gasteiger partial charge in [-0.1, -0.05) is 30.3 Å². The Morgan fingerprint density at radius 3 is 2.06 bits per heavy atom. The first-order valence-corrected chi connectivity index (χ1v) is 18.9. The predicted octanol–water partition coefficient (Wildman–Crippen LogP) is 6.34. The predicted molar refractivity (Wildman–Crippen MR) is 224 cm³/mol. The van der Waals surface area contributed by atoms with Crippen LogP contribution in [0, 0.1) is 12.5 Å². The van der Waals surface area contributed by atoms with Crippen molar-refractivity contribution in [3.63, 3.8) is 0 Å². The lowest BCUT2D eigenvalue weighted by Gasteiger charge is -2.18. The van der Waals surface area contributed by atoms with Crippen LogP contribution in [0.1, 0.15) is 83.6 Å². The summed E-state index contributed by atoms with van der Waals surface area (Å²) in [7, 11) is 0. The zero-order chi connectivity index (χ0) is 44.3. The summed E-state index contributed by atoms with van der Waals surface area (Å²) in [6.07, 6.45) is 3.47. The monoisotopic (exact) mass is 835 g/mol. The second-order valence-corrected chi connectivity index (χ2v) is 14.0. The van der Waals surface area contributed by atoms with Crippen LogP contribution in [0.3, 0.4) is 0 Å². The van der Waals surface area contributed by atoms with Gasteiger partial charge < -0.3 is 30.9 Å². The molecule has 0 saturated carbocycles. The van der Waals surface area contributed by atoms with Gasteiger partial charge in [0.05, 0.1) is 59.2 Å². The van der Waals surface area contributed by atoms with Crippen molar-refractivity contribution in [1.29, 1.82) is 0 Å². The molecule has 3 amide bonds. The van der Waals surface area contributed by atoms with Crippen LogP contribution >= 0.6 is 0 Å². The Balaban J connectivity index is 1.10. The number of phenols is 1. The SMILES string of the molecule is [C-]#[N+]c1ccc(C(=O)Cc2ccc(C(=O)C[C@@H](Cc3cn[nH]n3)C(=O)Nc3ccc(C(=O)Nc4ccc(C(=O)Nc5ccc(C(=O)O)cc5)c(O)c4OC(C)C)nc3)nc2)cc1. The molecule has 0 aliphatic carbocycles. The van der Waals surface area contributed by atoms with E-state index in [1.807, 2.05) is 0 Å². The molecule has 6 aromatic rings. The van der Waals surface area contributed by atoms with Gasteiger partial charge in [0.2, 0.25) is 5.91 Å². The van der Waals surface area contributed by atoms with E-state index in [1.54, 1.807) is 44.2 Å². The maximum Gasteiger partial charge on any atom is 0.335 e. The smallest absolute Gasteiger partial charge is 0.335 e. The molecular weight excluding hydrogens is 799 g/mol. The maximum absolute atomic E-state index is 13.6. The molecule has 312 valence electrons. The topological polar surface area (TPSA) is 260 Å². The molecule has 0 fully saturated rings. The zero-order valence-electron chi connectivity index (χ0n) is 33.1. The van der Waals surface area contributed by atoms with E-state index in [-0.39, 0.29) is 70.4 Å². The summed E-state index contributed by atoms with van der Waals surface area (Å²) in [5, 5.41) is 38.5. The van der Waals surface area contributed by atoms with Crippen molar-refractivity contribution >= 4 is 58.0 Å². The number of hydrogen-bond donors (Lipinski definition) is 6. The first kappa shape index (κ1) is 43.0. The molecule has 0 unspecified atom stereocenters. The number of carbonyl (C=O) groups is 6. The number of carbonyl (C=O) groups excluding carboxylic acids is 5. The minimum absolute atomic E-state index is 0.0255. The molecule has 0 aliphatic rings. The van der Waals surface area contributed by atoms with Crippen molar-refractivity contribution in [3.05, 3.63) is 154 Å². The number of nitrogens with zero attached hydrogens (tertiary/aromatic N) is 5. The molecule has 1 atom stereocenters. The maximum atomic E-state index is 13.6. The average molecular weight is 836 g/mol. The van der Waals surface area contributed by atoms with Crippen LogP contribution < -0.4 is 20.7 Å².